The van der Waals surface area contributed by atoms with Crippen LogP contribution < -0.4 is 4.31 Å². The molecule has 5 nitrogen and oxygen atoms in total. The predicted molar refractivity (Wildman–Crippen MR) is 70.4 cm³/mol. The zero-order chi connectivity index (χ0) is 13.9. The summed E-state index contributed by atoms with van der Waals surface area (Å²) in [4.78, 5) is 10.8. The molecule has 1 N–H and O–H groups in total. The second-order valence-electron chi connectivity index (χ2n) is 4.07. The molecule has 0 aromatic heterocycles. The van der Waals surface area contributed by atoms with E-state index in [0.29, 0.717) is 5.69 Å². The van der Waals surface area contributed by atoms with E-state index in [2.05, 4.69) is 0 Å². The molecule has 100 valence electrons. The zero-order valence-electron chi connectivity index (χ0n) is 10.7. The highest BCUT2D eigenvalue weighted by molar-refractivity contribution is 7.92. The van der Waals surface area contributed by atoms with Crippen LogP contribution in [0.25, 0.3) is 0 Å². The Hall–Kier alpha value is -1.56. The van der Waals surface area contributed by atoms with E-state index in [4.69, 9.17) is 5.11 Å². The third-order valence-corrected chi connectivity index (χ3v) is 4.50. The van der Waals surface area contributed by atoms with E-state index in [9.17, 15) is 13.2 Å². The Bertz CT molecular complexity index is 551. The second kappa shape index (κ2) is 5.39. The molecule has 18 heavy (non-hydrogen) atoms. The standard InChI is InChI=1S/C12H17NO4S/c1-4-18(16,17)13(8-12(14)15)11-6-5-9(2)10(3)7-11/h5-7H,4,8H2,1-3H3,(H,14,15). The SMILES string of the molecule is CCS(=O)(=O)N(CC(=O)O)c1ccc(C)c(C)c1. The first kappa shape index (κ1) is 14.5. The highest BCUT2D eigenvalue weighted by atomic mass is 32.2. The van der Waals surface area contributed by atoms with Crippen molar-refractivity contribution in [2.75, 3.05) is 16.6 Å². The van der Waals surface area contributed by atoms with Gasteiger partial charge in [0.1, 0.15) is 6.54 Å². The summed E-state index contributed by atoms with van der Waals surface area (Å²) in [5.74, 6) is -1.31. The van der Waals surface area contributed by atoms with Crippen molar-refractivity contribution in [2.24, 2.45) is 0 Å². The van der Waals surface area contributed by atoms with E-state index in [0.717, 1.165) is 15.4 Å². The van der Waals surface area contributed by atoms with Crippen molar-refractivity contribution in [3.05, 3.63) is 29.3 Å². The molecule has 0 fully saturated rings. The van der Waals surface area contributed by atoms with Crippen LogP contribution in [0.3, 0.4) is 0 Å². The molecule has 0 unspecified atom stereocenters. The Labute approximate surface area is 107 Å². The topological polar surface area (TPSA) is 74.7 Å². The minimum atomic E-state index is -3.59. The maximum Gasteiger partial charge on any atom is 0.324 e. The molecule has 0 bridgehead atoms. The van der Waals surface area contributed by atoms with Gasteiger partial charge >= 0.3 is 5.97 Å². The summed E-state index contributed by atoms with van der Waals surface area (Å²) in [6, 6.07) is 5.09. The number of aliphatic carboxylic acids is 1. The molecule has 0 heterocycles. The molecular formula is C12H17NO4S. The molecule has 1 aromatic rings. The van der Waals surface area contributed by atoms with Gasteiger partial charge in [-0.1, -0.05) is 6.07 Å². The van der Waals surface area contributed by atoms with Crippen LogP contribution in [0.15, 0.2) is 18.2 Å². The van der Waals surface area contributed by atoms with Gasteiger partial charge in [-0.05, 0) is 44.0 Å². The summed E-state index contributed by atoms with van der Waals surface area (Å²) >= 11 is 0. The smallest absolute Gasteiger partial charge is 0.324 e. The van der Waals surface area contributed by atoms with Gasteiger partial charge in [-0.3, -0.25) is 9.10 Å². The molecule has 0 saturated heterocycles. The lowest BCUT2D eigenvalue weighted by Crippen LogP contribution is -2.36. The fourth-order valence-electron chi connectivity index (χ4n) is 1.51. The highest BCUT2D eigenvalue weighted by Crippen LogP contribution is 2.21. The molecule has 1 aromatic carbocycles. The van der Waals surface area contributed by atoms with Crippen molar-refractivity contribution in [1.29, 1.82) is 0 Å². The molecule has 0 spiro atoms. The maximum atomic E-state index is 11.9. The van der Waals surface area contributed by atoms with Gasteiger partial charge in [-0.2, -0.15) is 0 Å². The van der Waals surface area contributed by atoms with Crippen LogP contribution in [0.4, 0.5) is 5.69 Å². The number of sulfonamides is 1. The van der Waals surface area contributed by atoms with Gasteiger partial charge < -0.3 is 5.11 Å². The number of hydrogen-bond donors (Lipinski definition) is 1. The van der Waals surface area contributed by atoms with Crippen LogP contribution in [0, 0.1) is 13.8 Å². The lowest BCUT2D eigenvalue weighted by Gasteiger charge is -2.22. The second-order valence-corrected chi connectivity index (χ2v) is 6.25. The fraction of sp³-hybridized carbons (Fsp3) is 0.417. The first-order valence-electron chi connectivity index (χ1n) is 5.57. The molecule has 0 aliphatic rings. The fourth-order valence-corrected chi connectivity index (χ4v) is 2.56. The van der Waals surface area contributed by atoms with E-state index < -0.39 is 22.5 Å². The number of nitrogens with zero attached hydrogens (tertiary/aromatic N) is 1. The number of aryl methyl sites for hydroxylation is 2. The normalized spacial score (nSPS) is 11.3. The van der Waals surface area contributed by atoms with Crippen LogP contribution >= 0.6 is 0 Å². The van der Waals surface area contributed by atoms with Gasteiger partial charge in [0.25, 0.3) is 0 Å². The number of carboxylic acids is 1. The largest absolute Gasteiger partial charge is 0.480 e. The maximum absolute atomic E-state index is 11.9. The zero-order valence-corrected chi connectivity index (χ0v) is 11.5. The molecule has 0 radical (unpaired) electrons. The molecule has 0 aliphatic carbocycles. The molecule has 0 atom stereocenters. The average Bonchev–Trinajstić information content (AvgIpc) is 2.29. The van der Waals surface area contributed by atoms with E-state index in [1.54, 1.807) is 18.2 Å². The van der Waals surface area contributed by atoms with E-state index in [1.165, 1.54) is 6.92 Å². The monoisotopic (exact) mass is 271 g/mol. The Kier molecular flexibility index (Phi) is 4.34. The lowest BCUT2D eigenvalue weighted by molar-refractivity contribution is -0.135. The van der Waals surface area contributed by atoms with Crippen LogP contribution in [0.1, 0.15) is 18.1 Å². The molecule has 0 amide bonds. The van der Waals surface area contributed by atoms with E-state index in [1.807, 2.05) is 13.8 Å². The van der Waals surface area contributed by atoms with Crippen molar-refractivity contribution >= 4 is 21.7 Å². The minimum absolute atomic E-state index is 0.132. The third-order valence-electron chi connectivity index (χ3n) is 2.76. The Balaban J connectivity index is 3.26. The molecule has 0 saturated carbocycles. The third kappa shape index (κ3) is 3.22. The van der Waals surface area contributed by atoms with Gasteiger partial charge in [0.15, 0.2) is 0 Å². The van der Waals surface area contributed by atoms with Crippen LogP contribution in [0.5, 0.6) is 0 Å². The molecule has 1 rings (SSSR count). The van der Waals surface area contributed by atoms with Crippen LogP contribution in [-0.4, -0.2) is 31.8 Å². The lowest BCUT2D eigenvalue weighted by atomic mass is 10.1. The van der Waals surface area contributed by atoms with Gasteiger partial charge in [-0.15, -0.1) is 0 Å². The molecular weight excluding hydrogens is 254 g/mol. The van der Waals surface area contributed by atoms with Gasteiger partial charge in [0.2, 0.25) is 10.0 Å². The van der Waals surface area contributed by atoms with E-state index >= 15 is 0 Å². The first-order chi connectivity index (χ1) is 8.27. The summed E-state index contributed by atoms with van der Waals surface area (Å²) in [6.45, 7) is 4.70. The first-order valence-corrected chi connectivity index (χ1v) is 7.18. The quantitative estimate of drug-likeness (QED) is 0.881. The van der Waals surface area contributed by atoms with Gasteiger partial charge in [0, 0.05) is 0 Å². The highest BCUT2D eigenvalue weighted by Gasteiger charge is 2.23. The van der Waals surface area contributed by atoms with Crippen molar-refractivity contribution < 1.29 is 18.3 Å². The summed E-state index contributed by atoms with van der Waals surface area (Å²) < 4.78 is 24.7. The number of benzene rings is 1. The van der Waals surface area contributed by atoms with Crippen molar-refractivity contribution in [3.63, 3.8) is 0 Å². The predicted octanol–water partition coefficient (Wildman–Crippen LogP) is 1.54. The van der Waals surface area contributed by atoms with Crippen molar-refractivity contribution in [2.45, 2.75) is 20.8 Å². The Morgan fingerprint density at radius 2 is 1.89 bits per heavy atom. The van der Waals surface area contributed by atoms with Crippen molar-refractivity contribution in [3.8, 4) is 0 Å². The van der Waals surface area contributed by atoms with Crippen molar-refractivity contribution in [1.82, 2.24) is 0 Å². The van der Waals surface area contributed by atoms with Gasteiger partial charge in [-0.25, -0.2) is 8.42 Å². The Morgan fingerprint density at radius 1 is 1.28 bits per heavy atom. The van der Waals surface area contributed by atoms with Gasteiger partial charge in [0.05, 0.1) is 11.4 Å². The van der Waals surface area contributed by atoms with E-state index in [-0.39, 0.29) is 5.75 Å². The van der Waals surface area contributed by atoms with Crippen LogP contribution in [-0.2, 0) is 14.8 Å². The number of carboxylic acid groups (broad SMARTS) is 1. The minimum Gasteiger partial charge on any atom is -0.480 e. The number of carbonyl (C=O) groups is 1. The molecule has 6 heteroatoms. The summed E-state index contributed by atoms with van der Waals surface area (Å²) in [6.07, 6.45) is 0. The summed E-state index contributed by atoms with van der Waals surface area (Å²) in [7, 11) is -3.59. The number of anilines is 1. The summed E-state index contributed by atoms with van der Waals surface area (Å²) in [5, 5.41) is 8.82. The summed E-state index contributed by atoms with van der Waals surface area (Å²) in [5.41, 5.74) is 2.35. The average molecular weight is 271 g/mol. The number of hydrogen-bond acceptors (Lipinski definition) is 3. The molecule has 0 aliphatic heterocycles. The Morgan fingerprint density at radius 3 is 2.33 bits per heavy atom. The van der Waals surface area contributed by atoms with Crippen LogP contribution in [0.2, 0.25) is 0 Å². The number of rotatable bonds is 5.